The van der Waals surface area contributed by atoms with Gasteiger partial charge in [0.05, 0.1) is 12.0 Å². The topological polar surface area (TPSA) is 61.0 Å². The third kappa shape index (κ3) is 4.52. The molecule has 1 unspecified atom stereocenters. The molecule has 0 fully saturated rings. The maximum atomic E-state index is 6.53. The zero-order chi connectivity index (χ0) is 17.7. The van der Waals surface area contributed by atoms with Gasteiger partial charge in [-0.2, -0.15) is 11.8 Å². The third-order valence-electron chi connectivity index (χ3n) is 4.25. The van der Waals surface area contributed by atoms with E-state index in [1.807, 2.05) is 30.9 Å². The molecule has 0 aromatic carbocycles. The molecule has 0 bridgehead atoms. The Balaban J connectivity index is 2.39. The van der Waals surface area contributed by atoms with E-state index in [9.17, 15) is 0 Å². The number of nitrogens with zero attached hydrogens (tertiary/aromatic N) is 2. The van der Waals surface area contributed by atoms with Crippen molar-refractivity contribution in [3.05, 3.63) is 29.2 Å². The first kappa shape index (κ1) is 19.3. The van der Waals surface area contributed by atoms with Crippen molar-refractivity contribution in [1.29, 1.82) is 0 Å². The number of rotatable bonds is 8. The molecule has 0 saturated heterocycles. The van der Waals surface area contributed by atoms with Gasteiger partial charge < -0.3 is 10.5 Å². The standard InChI is InChI=1S/C18H26ClN3OS/c1-5-7-18(3,20)15-11-22-17(23-8-6-12(2)24-4)14-10-21-16(19)9-13(14)15/h9-12H,5-8,20H2,1-4H3/t12?,18-/m0/s1. The van der Waals surface area contributed by atoms with Crippen molar-refractivity contribution in [2.45, 2.75) is 50.8 Å². The van der Waals surface area contributed by atoms with Gasteiger partial charge in [-0.25, -0.2) is 9.97 Å². The number of hydrogen-bond acceptors (Lipinski definition) is 5. The Morgan fingerprint density at radius 3 is 2.75 bits per heavy atom. The molecule has 0 aliphatic heterocycles. The van der Waals surface area contributed by atoms with Gasteiger partial charge in [0.25, 0.3) is 0 Å². The van der Waals surface area contributed by atoms with Crippen LogP contribution in [0.5, 0.6) is 5.88 Å². The van der Waals surface area contributed by atoms with Crippen molar-refractivity contribution in [2.24, 2.45) is 5.73 Å². The van der Waals surface area contributed by atoms with Crippen LogP contribution in [0.4, 0.5) is 0 Å². The average Bonchev–Trinajstić information content (AvgIpc) is 2.54. The summed E-state index contributed by atoms with van der Waals surface area (Å²) in [4.78, 5) is 8.71. The smallest absolute Gasteiger partial charge is 0.222 e. The molecule has 2 atom stereocenters. The van der Waals surface area contributed by atoms with Crippen LogP contribution in [0.25, 0.3) is 10.8 Å². The monoisotopic (exact) mass is 367 g/mol. The second-order valence-electron chi connectivity index (χ2n) is 6.38. The molecular weight excluding hydrogens is 342 g/mol. The molecule has 0 aliphatic rings. The number of halogens is 1. The van der Waals surface area contributed by atoms with Gasteiger partial charge in [0, 0.05) is 23.2 Å². The van der Waals surface area contributed by atoms with Crippen molar-refractivity contribution < 1.29 is 4.74 Å². The SMILES string of the molecule is CCC[C@](C)(N)c1cnc(OCCC(C)SC)c2cnc(Cl)cc12. The van der Waals surface area contributed by atoms with E-state index in [4.69, 9.17) is 22.1 Å². The second-order valence-corrected chi connectivity index (χ2v) is 8.04. The normalized spacial score (nSPS) is 15.2. The number of ether oxygens (including phenoxy) is 1. The van der Waals surface area contributed by atoms with Crippen molar-refractivity contribution in [3.8, 4) is 5.88 Å². The quantitative estimate of drug-likeness (QED) is 0.680. The van der Waals surface area contributed by atoms with Gasteiger partial charge in [-0.1, -0.05) is 31.9 Å². The minimum atomic E-state index is -0.462. The van der Waals surface area contributed by atoms with E-state index < -0.39 is 5.54 Å². The van der Waals surface area contributed by atoms with Gasteiger partial charge in [-0.3, -0.25) is 0 Å². The van der Waals surface area contributed by atoms with Crippen LogP contribution in [0.1, 0.15) is 45.6 Å². The molecule has 0 saturated carbocycles. The predicted molar refractivity (Wildman–Crippen MR) is 104 cm³/mol. The summed E-state index contributed by atoms with van der Waals surface area (Å²) in [5, 5.41) is 2.84. The lowest BCUT2D eigenvalue weighted by Gasteiger charge is -2.26. The van der Waals surface area contributed by atoms with Crippen molar-refractivity contribution in [2.75, 3.05) is 12.9 Å². The van der Waals surface area contributed by atoms with Crippen LogP contribution in [0, 0.1) is 0 Å². The zero-order valence-electron chi connectivity index (χ0n) is 14.8. The summed E-state index contributed by atoms with van der Waals surface area (Å²) in [6.45, 7) is 6.97. The van der Waals surface area contributed by atoms with E-state index in [2.05, 4.69) is 30.1 Å². The highest BCUT2D eigenvalue weighted by molar-refractivity contribution is 7.99. The summed E-state index contributed by atoms with van der Waals surface area (Å²) in [6.07, 6.45) is 8.49. The molecule has 0 amide bonds. The number of nitrogens with two attached hydrogens (primary N) is 1. The van der Waals surface area contributed by atoms with Crippen LogP contribution < -0.4 is 10.5 Å². The molecule has 4 nitrogen and oxygen atoms in total. The first-order chi connectivity index (χ1) is 11.4. The molecule has 24 heavy (non-hydrogen) atoms. The summed E-state index contributed by atoms with van der Waals surface area (Å²) in [5.74, 6) is 0.596. The predicted octanol–water partition coefficient (Wildman–Crippen LogP) is 4.78. The number of pyridine rings is 2. The van der Waals surface area contributed by atoms with Gasteiger partial charge >= 0.3 is 0 Å². The molecular formula is C18H26ClN3OS. The summed E-state index contributed by atoms with van der Waals surface area (Å²) < 4.78 is 5.91. The number of hydrogen-bond donors (Lipinski definition) is 1. The van der Waals surface area contributed by atoms with E-state index in [1.54, 1.807) is 6.20 Å². The highest BCUT2D eigenvalue weighted by Gasteiger charge is 2.24. The van der Waals surface area contributed by atoms with E-state index >= 15 is 0 Å². The number of aromatic nitrogens is 2. The van der Waals surface area contributed by atoms with Crippen LogP contribution >= 0.6 is 23.4 Å². The molecule has 2 N–H and O–H groups in total. The van der Waals surface area contributed by atoms with Gasteiger partial charge in [0.2, 0.25) is 5.88 Å². The molecule has 6 heteroatoms. The fourth-order valence-electron chi connectivity index (χ4n) is 2.75. The summed E-state index contributed by atoms with van der Waals surface area (Å²) in [6, 6.07) is 1.85. The van der Waals surface area contributed by atoms with Gasteiger partial charge in [-0.05, 0) is 43.0 Å². The van der Waals surface area contributed by atoms with Crippen LogP contribution in [0.15, 0.2) is 18.5 Å². The molecule has 2 aromatic heterocycles. The zero-order valence-corrected chi connectivity index (χ0v) is 16.4. The highest BCUT2D eigenvalue weighted by Crippen LogP contribution is 2.34. The molecule has 0 aliphatic carbocycles. The van der Waals surface area contributed by atoms with Crippen LogP contribution in [-0.4, -0.2) is 28.1 Å². The average molecular weight is 368 g/mol. The van der Waals surface area contributed by atoms with E-state index in [0.29, 0.717) is 22.9 Å². The lowest BCUT2D eigenvalue weighted by Crippen LogP contribution is -2.33. The van der Waals surface area contributed by atoms with Crippen LogP contribution in [-0.2, 0) is 5.54 Å². The maximum Gasteiger partial charge on any atom is 0.222 e. The maximum absolute atomic E-state index is 6.53. The van der Waals surface area contributed by atoms with E-state index in [-0.39, 0.29) is 0 Å². The van der Waals surface area contributed by atoms with E-state index in [1.165, 1.54) is 0 Å². The Bertz CT molecular complexity index is 693. The highest BCUT2D eigenvalue weighted by atomic mass is 35.5. The summed E-state index contributed by atoms with van der Waals surface area (Å²) in [7, 11) is 0. The van der Waals surface area contributed by atoms with Crippen molar-refractivity contribution >= 4 is 34.1 Å². The Hall–Kier alpha value is -1.04. The minimum Gasteiger partial charge on any atom is -0.477 e. The van der Waals surface area contributed by atoms with Gasteiger partial charge in [0.1, 0.15) is 5.15 Å². The Kier molecular flexibility index (Phi) is 6.72. The first-order valence-corrected chi connectivity index (χ1v) is 9.94. The van der Waals surface area contributed by atoms with Crippen LogP contribution in [0.3, 0.4) is 0 Å². The molecule has 2 heterocycles. The van der Waals surface area contributed by atoms with Crippen molar-refractivity contribution in [3.63, 3.8) is 0 Å². The Morgan fingerprint density at radius 1 is 1.33 bits per heavy atom. The minimum absolute atomic E-state index is 0.448. The van der Waals surface area contributed by atoms with Gasteiger partial charge in [0.15, 0.2) is 0 Å². The van der Waals surface area contributed by atoms with E-state index in [0.717, 1.165) is 35.6 Å². The lowest BCUT2D eigenvalue weighted by atomic mass is 9.87. The molecule has 2 aromatic rings. The third-order valence-corrected chi connectivity index (χ3v) is 5.50. The summed E-state index contributed by atoms with van der Waals surface area (Å²) in [5.41, 5.74) is 7.04. The first-order valence-electron chi connectivity index (χ1n) is 8.28. The fourth-order valence-corrected chi connectivity index (χ4v) is 3.24. The number of thioether (sulfide) groups is 1. The largest absolute Gasteiger partial charge is 0.477 e. The number of fused-ring (bicyclic) bond motifs is 1. The van der Waals surface area contributed by atoms with Gasteiger partial charge in [-0.15, -0.1) is 0 Å². The molecule has 132 valence electrons. The molecule has 0 radical (unpaired) electrons. The Labute approximate surface area is 153 Å². The molecule has 0 spiro atoms. The fraction of sp³-hybridized carbons (Fsp3) is 0.556. The lowest BCUT2D eigenvalue weighted by molar-refractivity contribution is 0.303. The second kappa shape index (κ2) is 8.37. The van der Waals surface area contributed by atoms with Crippen LogP contribution in [0.2, 0.25) is 5.15 Å². The van der Waals surface area contributed by atoms with Crippen molar-refractivity contribution in [1.82, 2.24) is 9.97 Å². The molecule has 2 rings (SSSR count). The summed E-state index contributed by atoms with van der Waals surface area (Å²) >= 11 is 7.95. The Morgan fingerprint density at radius 2 is 2.08 bits per heavy atom.